The molecule has 1 saturated heterocycles. The van der Waals surface area contributed by atoms with Crippen molar-refractivity contribution >= 4 is 11.6 Å². The van der Waals surface area contributed by atoms with Crippen molar-refractivity contribution in [3.05, 3.63) is 29.8 Å². The summed E-state index contributed by atoms with van der Waals surface area (Å²) in [4.78, 5) is 14.0. The summed E-state index contributed by atoms with van der Waals surface area (Å²) in [6.07, 6.45) is 2.16. The average molecular weight is 248 g/mol. The van der Waals surface area contributed by atoms with Crippen LogP contribution in [0, 0.1) is 0 Å². The van der Waals surface area contributed by atoms with Crippen LogP contribution in [0.5, 0.6) is 0 Å². The van der Waals surface area contributed by atoms with Crippen LogP contribution in [0.15, 0.2) is 24.3 Å². The van der Waals surface area contributed by atoms with E-state index in [0.29, 0.717) is 26.0 Å². The molecule has 0 aliphatic carbocycles. The van der Waals surface area contributed by atoms with Gasteiger partial charge in [0.25, 0.3) is 0 Å². The molecule has 1 fully saturated rings. The summed E-state index contributed by atoms with van der Waals surface area (Å²) < 4.78 is 5.34. The number of nitrogen functional groups attached to an aromatic ring is 1. The number of amides is 1. The molecule has 1 aromatic carbocycles. The molecule has 1 amide bonds. The van der Waals surface area contributed by atoms with Crippen LogP contribution in [-0.2, 0) is 16.0 Å². The van der Waals surface area contributed by atoms with Gasteiger partial charge < -0.3 is 15.4 Å². The van der Waals surface area contributed by atoms with Crippen LogP contribution in [0.3, 0.4) is 0 Å². The molecule has 2 rings (SSSR count). The zero-order chi connectivity index (χ0) is 12.8. The maximum absolute atomic E-state index is 12.1. The predicted octanol–water partition coefficient (Wildman–Crippen LogP) is 1.45. The van der Waals surface area contributed by atoms with Crippen LogP contribution in [0.1, 0.15) is 18.4 Å². The van der Waals surface area contributed by atoms with Gasteiger partial charge in [0.05, 0.1) is 6.61 Å². The number of nitrogens with two attached hydrogens (primary N) is 1. The molecular weight excluding hydrogens is 228 g/mol. The number of para-hydroxylation sites is 1. The molecule has 1 aromatic rings. The van der Waals surface area contributed by atoms with E-state index in [1.54, 1.807) is 0 Å². The highest BCUT2D eigenvalue weighted by Gasteiger charge is 2.15. The van der Waals surface area contributed by atoms with Crippen LogP contribution < -0.4 is 5.73 Å². The Labute approximate surface area is 108 Å². The Morgan fingerprint density at radius 3 is 2.94 bits per heavy atom. The lowest BCUT2D eigenvalue weighted by Crippen LogP contribution is -2.33. The van der Waals surface area contributed by atoms with Crippen LogP contribution in [0.4, 0.5) is 5.69 Å². The van der Waals surface area contributed by atoms with E-state index in [0.717, 1.165) is 30.8 Å². The fraction of sp³-hybridized carbons (Fsp3) is 0.500. The van der Waals surface area contributed by atoms with Gasteiger partial charge >= 0.3 is 0 Å². The number of hydrogen-bond donors (Lipinski definition) is 1. The number of benzene rings is 1. The second-order valence-electron chi connectivity index (χ2n) is 4.55. The van der Waals surface area contributed by atoms with E-state index in [4.69, 9.17) is 10.5 Å². The average Bonchev–Trinajstić information content (AvgIpc) is 2.66. The van der Waals surface area contributed by atoms with Gasteiger partial charge in [-0.05, 0) is 24.5 Å². The minimum atomic E-state index is 0.198. The maximum Gasteiger partial charge on any atom is 0.222 e. The van der Waals surface area contributed by atoms with Gasteiger partial charge in [-0.3, -0.25) is 4.79 Å². The smallest absolute Gasteiger partial charge is 0.222 e. The number of rotatable bonds is 3. The van der Waals surface area contributed by atoms with Crippen molar-refractivity contribution in [3.8, 4) is 0 Å². The van der Waals surface area contributed by atoms with Gasteiger partial charge in [0, 0.05) is 31.8 Å². The quantitative estimate of drug-likeness (QED) is 0.824. The molecule has 1 aliphatic rings. The number of nitrogens with zero attached hydrogens (tertiary/aromatic N) is 1. The van der Waals surface area contributed by atoms with E-state index in [-0.39, 0.29) is 5.91 Å². The second kappa shape index (κ2) is 6.40. The molecule has 0 spiro atoms. The highest BCUT2D eigenvalue weighted by Crippen LogP contribution is 2.13. The fourth-order valence-electron chi connectivity index (χ4n) is 2.16. The van der Waals surface area contributed by atoms with Crippen LogP contribution in [0.2, 0.25) is 0 Å². The molecule has 0 bridgehead atoms. The molecular formula is C14H20N2O2. The number of anilines is 1. The summed E-state index contributed by atoms with van der Waals surface area (Å²) in [5.74, 6) is 0.198. The van der Waals surface area contributed by atoms with Gasteiger partial charge in [-0.25, -0.2) is 0 Å². The Morgan fingerprint density at radius 1 is 1.28 bits per heavy atom. The Balaban J connectivity index is 1.86. The lowest BCUT2D eigenvalue weighted by molar-refractivity contribution is -0.131. The number of aryl methyl sites for hydroxylation is 1. The van der Waals surface area contributed by atoms with Crippen LogP contribution in [-0.4, -0.2) is 37.1 Å². The van der Waals surface area contributed by atoms with E-state index in [9.17, 15) is 4.79 Å². The molecule has 18 heavy (non-hydrogen) atoms. The highest BCUT2D eigenvalue weighted by atomic mass is 16.5. The summed E-state index contributed by atoms with van der Waals surface area (Å²) in [5.41, 5.74) is 7.69. The minimum Gasteiger partial charge on any atom is -0.399 e. The van der Waals surface area contributed by atoms with Gasteiger partial charge in [-0.2, -0.15) is 0 Å². The van der Waals surface area contributed by atoms with E-state index in [2.05, 4.69) is 0 Å². The normalized spacial score (nSPS) is 16.3. The fourth-order valence-corrected chi connectivity index (χ4v) is 2.16. The van der Waals surface area contributed by atoms with Gasteiger partial charge in [-0.1, -0.05) is 18.2 Å². The number of carbonyl (C=O) groups excluding carboxylic acids is 1. The summed E-state index contributed by atoms with van der Waals surface area (Å²) in [5, 5.41) is 0. The van der Waals surface area contributed by atoms with Gasteiger partial charge in [0.1, 0.15) is 0 Å². The Morgan fingerprint density at radius 2 is 2.11 bits per heavy atom. The summed E-state index contributed by atoms with van der Waals surface area (Å²) in [6, 6.07) is 7.72. The molecule has 1 heterocycles. The van der Waals surface area contributed by atoms with Crippen molar-refractivity contribution in [2.45, 2.75) is 19.3 Å². The monoisotopic (exact) mass is 248 g/mol. The third-order valence-corrected chi connectivity index (χ3v) is 3.24. The van der Waals surface area contributed by atoms with Crippen molar-refractivity contribution in [3.63, 3.8) is 0 Å². The molecule has 0 atom stereocenters. The van der Waals surface area contributed by atoms with E-state index in [1.807, 2.05) is 29.2 Å². The lowest BCUT2D eigenvalue weighted by Gasteiger charge is -2.19. The molecule has 2 N–H and O–H groups in total. The lowest BCUT2D eigenvalue weighted by atomic mass is 10.1. The number of carbonyl (C=O) groups is 1. The number of ether oxygens (including phenoxy) is 1. The van der Waals surface area contributed by atoms with Crippen molar-refractivity contribution in [2.24, 2.45) is 0 Å². The molecule has 0 radical (unpaired) electrons. The van der Waals surface area contributed by atoms with Crippen molar-refractivity contribution in [2.75, 3.05) is 32.0 Å². The molecule has 1 aliphatic heterocycles. The topological polar surface area (TPSA) is 55.6 Å². The number of hydrogen-bond acceptors (Lipinski definition) is 3. The molecule has 0 aromatic heterocycles. The van der Waals surface area contributed by atoms with Crippen LogP contribution in [0.25, 0.3) is 0 Å². The SMILES string of the molecule is Nc1ccccc1CCC(=O)N1CCCOCC1. The summed E-state index contributed by atoms with van der Waals surface area (Å²) >= 11 is 0. The molecule has 0 unspecified atom stereocenters. The van der Waals surface area contributed by atoms with E-state index in [1.165, 1.54) is 0 Å². The first kappa shape index (κ1) is 12.9. The maximum atomic E-state index is 12.1. The summed E-state index contributed by atoms with van der Waals surface area (Å²) in [6.45, 7) is 2.93. The first-order valence-corrected chi connectivity index (χ1v) is 6.46. The van der Waals surface area contributed by atoms with Crippen LogP contribution >= 0.6 is 0 Å². The van der Waals surface area contributed by atoms with E-state index < -0.39 is 0 Å². The van der Waals surface area contributed by atoms with Crippen molar-refractivity contribution < 1.29 is 9.53 Å². The third kappa shape index (κ3) is 3.47. The Hall–Kier alpha value is -1.55. The first-order valence-electron chi connectivity index (χ1n) is 6.46. The standard InChI is InChI=1S/C14H20N2O2/c15-13-5-2-1-4-12(13)6-7-14(17)16-8-3-10-18-11-9-16/h1-2,4-5H,3,6-11,15H2. The molecule has 4 heteroatoms. The van der Waals surface area contributed by atoms with Gasteiger partial charge in [-0.15, -0.1) is 0 Å². The van der Waals surface area contributed by atoms with Gasteiger partial charge in [0.2, 0.25) is 5.91 Å². The highest BCUT2D eigenvalue weighted by molar-refractivity contribution is 5.76. The van der Waals surface area contributed by atoms with Crippen molar-refractivity contribution in [1.82, 2.24) is 4.90 Å². The molecule has 98 valence electrons. The minimum absolute atomic E-state index is 0.198. The van der Waals surface area contributed by atoms with Crippen molar-refractivity contribution in [1.29, 1.82) is 0 Å². The summed E-state index contributed by atoms with van der Waals surface area (Å²) in [7, 11) is 0. The zero-order valence-electron chi connectivity index (χ0n) is 10.6. The second-order valence-corrected chi connectivity index (χ2v) is 4.55. The Kier molecular flexibility index (Phi) is 4.59. The third-order valence-electron chi connectivity index (χ3n) is 3.24. The van der Waals surface area contributed by atoms with E-state index >= 15 is 0 Å². The predicted molar refractivity (Wildman–Crippen MR) is 71.2 cm³/mol. The Bertz CT molecular complexity index is 399. The first-order chi connectivity index (χ1) is 8.77. The molecule has 4 nitrogen and oxygen atoms in total. The zero-order valence-corrected chi connectivity index (χ0v) is 10.6. The van der Waals surface area contributed by atoms with Gasteiger partial charge in [0.15, 0.2) is 0 Å². The largest absolute Gasteiger partial charge is 0.399 e. The molecule has 0 saturated carbocycles.